The van der Waals surface area contributed by atoms with Crippen molar-refractivity contribution >= 4 is 8.60 Å². The molecule has 0 aliphatic rings. The first-order valence-corrected chi connectivity index (χ1v) is 18.6. The summed E-state index contributed by atoms with van der Waals surface area (Å²) in [6, 6.07) is 43.3. The Kier molecular flexibility index (Phi) is 15.3. The summed E-state index contributed by atoms with van der Waals surface area (Å²) in [5, 5.41) is 55.8. The van der Waals surface area contributed by atoms with Gasteiger partial charge in [-0.3, -0.25) is 0 Å². The number of hydrogen-bond acceptors (Lipinski definition) is 9. The highest BCUT2D eigenvalue weighted by molar-refractivity contribution is 7.38. The molecule has 55 heavy (non-hydrogen) atoms. The zero-order valence-electron chi connectivity index (χ0n) is 31.8. The van der Waals surface area contributed by atoms with Crippen LogP contribution in [0.3, 0.4) is 0 Å². The molecular formula is C45H51O9P. The van der Waals surface area contributed by atoms with Crippen LogP contribution in [0.25, 0.3) is 0 Å². The Morgan fingerprint density at radius 3 is 0.436 bits per heavy atom. The van der Waals surface area contributed by atoms with E-state index in [-0.39, 0.29) is 50.7 Å². The fraction of sp³-hybridized carbons (Fsp3) is 0.200. The molecular weight excluding hydrogens is 715 g/mol. The maximum atomic E-state index is 9.30. The second-order valence-electron chi connectivity index (χ2n) is 14.4. The van der Waals surface area contributed by atoms with Crippen LogP contribution in [0.2, 0.25) is 0 Å². The first-order valence-electron chi connectivity index (χ1n) is 17.4. The lowest BCUT2D eigenvalue weighted by Gasteiger charge is -2.26. The molecule has 0 fully saturated rings. The molecule has 0 aliphatic heterocycles. The van der Waals surface area contributed by atoms with E-state index >= 15 is 0 Å². The van der Waals surface area contributed by atoms with E-state index in [4.69, 9.17) is 14.7 Å². The molecule has 0 radical (unpaired) electrons. The number of hydrogen-bond donors (Lipinski definition) is 9. The highest BCUT2D eigenvalue weighted by Gasteiger charge is 2.24. The SMILES string of the molecule is CC(C)(c1ccc(O)cc1)c1ccc(O)cc1.CC(C)(c1ccc(O)cc1)c1ccc(O)cc1.CC(C)(c1ccc(O)cc1)c1ccc(O)cc1.OP(O)O. The highest BCUT2D eigenvalue weighted by Crippen LogP contribution is 2.35. The van der Waals surface area contributed by atoms with Crippen molar-refractivity contribution < 1.29 is 45.3 Å². The summed E-state index contributed by atoms with van der Waals surface area (Å²) < 4.78 is 0. The maximum absolute atomic E-state index is 9.30. The molecule has 0 atom stereocenters. The Hall–Kier alpha value is -5.57. The third-order valence-corrected chi connectivity index (χ3v) is 9.53. The van der Waals surface area contributed by atoms with Gasteiger partial charge in [-0.2, -0.15) is 0 Å². The van der Waals surface area contributed by atoms with Gasteiger partial charge in [0.15, 0.2) is 0 Å². The van der Waals surface area contributed by atoms with E-state index in [9.17, 15) is 30.6 Å². The molecule has 6 aromatic carbocycles. The number of rotatable bonds is 6. The monoisotopic (exact) mass is 766 g/mol. The van der Waals surface area contributed by atoms with Crippen molar-refractivity contribution in [1.29, 1.82) is 0 Å². The molecule has 10 heteroatoms. The predicted octanol–water partition coefficient (Wildman–Crippen LogP) is 9.46. The first-order chi connectivity index (χ1) is 25.7. The Bertz CT molecular complexity index is 1640. The van der Waals surface area contributed by atoms with Crippen LogP contribution in [0, 0.1) is 0 Å². The van der Waals surface area contributed by atoms with Crippen molar-refractivity contribution in [2.24, 2.45) is 0 Å². The fourth-order valence-corrected chi connectivity index (χ4v) is 5.77. The van der Waals surface area contributed by atoms with Crippen molar-refractivity contribution in [1.82, 2.24) is 0 Å². The molecule has 0 spiro atoms. The summed E-state index contributed by atoms with van der Waals surface area (Å²) in [5.74, 6) is 1.64. The molecule has 0 saturated heterocycles. The second-order valence-corrected chi connectivity index (χ2v) is 15.0. The third kappa shape index (κ3) is 12.8. The molecule has 0 aromatic heterocycles. The van der Waals surface area contributed by atoms with Crippen LogP contribution >= 0.6 is 8.60 Å². The van der Waals surface area contributed by atoms with Gasteiger partial charge in [-0.25, -0.2) is 0 Å². The minimum Gasteiger partial charge on any atom is -0.508 e. The number of aromatic hydroxyl groups is 6. The van der Waals surface area contributed by atoms with Crippen LogP contribution in [0.4, 0.5) is 0 Å². The summed E-state index contributed by atoms with van der Waals surface area (Å²) in [5.41, 5.74) is 6.30. The molecule has 0 heterocycles. The predicted molar refractivity (Wildman–Crippen MR) is 219 cm³/mol. The number of phenols is 6. The van der Waals surface area contributed by atoms with Gasteiger partial charge < -0.3 is 45.3 Å². The van der Waals surface area contributed by atoms with E-state index in [0.29, 0.717) is 0 Å². The minimum absolute atomic E-state index is 0.151. The number of phenolic OH excluding ortho intramolecular Hbond substituents is 6. The van der Waals surface area contributed by atoms with Crippen molar-refractivity contribution in [3.63, 3.8) is 0 Å². The molecule has 9 nitrogen and oxygen atoms in total. The average Bonchev–Trinajstić information content (AvgIpc) is 3.13. The normalized spacial score (nSPS) is 11.2. The Morgan fingerprint density at radius 2 is 0.345 bits per heavy atom. The zero-order valence-corrected chi connectivity index (χ0v) is 32.7. The summed E-state index contributed by atoms with van der Waals surface area (Å²) in [6.45, 7) is 12.7. The molecule has 0 aliphatic carbocycles. The lowest BCUT2D eigenvalue weighted by Crippen LogP contribution is -2.18. The van der Waals surface area contributed by atoms with Crippen molar-refractivity contribution in [2.45, 2.75) is 57.8 Å². The Labute approximate surface area is 324 Å². The quantitative estimate of drug-likeness (QED) is 0.0746. The van der Waals surface area contributed by atoms with Crippen LogP contribution in [-0.2, 0) is 16.2 Å². The van der Waals surface area contributed by atoms with Gasteiger partial charge in [-0.05, 0) is 106 Å². The Balaban J connectivity index is 0.000000211. The van der Waals surface area contributed by atoms with Crippen LogP contribution in [-0.4, -0.2) is 45.3 Å². The summed E-state index contributed by atoms with van der Waals surface area (Å²) in [7, 11) is -2.62. The lowest BCUT2D eigenvalue weighted by atomic mass is 9.78. The molecule has 6 aromatic rings. The molecule has 0 bridgehead atoms. The summed E-state index contributed by atoms with van der Waals surface area (Å²) in [4.78, 5) is 21.7. The van der Waals surface area contributed by atoms with Gasteiger partial charge in [-0.15, -0.1) is 0 Å². The topological polar surface area (TPSA) is 182 Å². The van der Waals surface area contributed by atoms with Crippen LogP contribution in [0.5, 0.6) is 34.5 Å². The van der Waals surface area contributed by atoms with E-state index in [1.165, 1.54) is 0 Å². The molecule has 0 unspecified atom stereocenters. The first kappa shape index (κ1) is 43.8. The van der Waals surface area contributed by atoms with E-state index in [1.54, 1.807) is 72.8 Å². The molecule has 9 N–H and O–H groups in total. The summed E-state index contributed by atoms with van der Waals surface area (Å²) >= 11 is 0. The Morgan fingerprint density at radius 1 is 0.255 bits per heavy atom. The minimum atomic E-state index is -2.62. The zero-order chi connectivity index (χ0) is 41.0. The maximum Gasteiger partial charge on any atom is 0.324 e. The van der Waals surface area contributed by atoms with E-state index < -0.39 is 8.60 Å². The van der Waals surface area contributed by atoms with Crippen molar-refractivity contribution in [2.75, 3.05) is 0 Å². The van der Waals surface area contributed by atoms with Gasteiger partial charge in [0, 0.05) is 16.2 Å². The van der Waals surface area contributed by atoms with Gasteiger partial charge >= 0.3 is 8.60 Å². The molecule has 290 valence electrons. The van der Waals surface area contributed by atoms with E-state index in [0.717, 1.165) is 33.4 Å². The largest absolute Gasteiger partial charge is 0.508 e. The van der Waals surface area contributed by atoms with Crippen LogP contribution < -0.4 is 0 Å². The van der Waals surface area contributed by atoms with Gasteiger partial charge in [0.1, 0.15) is 34.5 Å². The standard InChI is InChI=1S/3C15H16O2.H3O3P/c3*1-15(2,11-3-7-13(16)8-4-11)12-5-9-14(17)10-6-12;1-4(2)3/h3*3-10,16-17H,1-2H3;1-3H. The fourth-order valence-electron chi connectivity index (χ4n) is 5.77. The average molecular weight is 767 g/mol. The van der Waals surface area contributed by atoms with Crippen LogP contribution in [0.1, 0.15) is 74.9 Å². The molecule has 0 saturated carbocycles. The molecule has 0 amide bonds. The van der Waals surface area contributed by atoms with E-state index in [2.05, 4.69) is 41.5 Å². The van der Waals surface area contributed by atoms with Crippen molar-refractivity contribution in [3.05, 3.63) is 179 Å². The summed E-state index contributed by atoms with van der Waals surface area (Å²) in [6.07, 6.45) is 0. The van der Waals surface area contributed by atoms with Gasteiger partial charge in [-0.1, -0.05) is 114 Å². The lowest BCUT2D eigenvalue weighted by molar-refractivity contribution is 0.368. The van der Waals surface area contributed by atoms with Gasteiger partial charge in [0.25, 0.3) is 0 Å². The van der Waals surface area contributed by atoms with Gasteiger partial charge in [0.05, 0.1) is 0 Å². The third-order valence-electron chi connectivity index (χ3n) is 9.53. The second kappa shape index (κ2) is 19.1. The smallest absolute Gasteiger partial charge is 0.324 e. The highest BCUT2D eigenvalue weighted by atomic mass is 31.2. The number of benzene rings is 6. The molecule has 6 rings (SSSR count). The van der Waals surface area contributed by atoms with E-state index in [1.807, 2.05) is 72.8 Å². The van der Waals surface area contributed by atoms with Gasteiger partial charge in [0.2, 0.25) is 0 Å². The van der Waals surface area contributed by atoms with Crippen molar-refractivity contribution in [3.8, 4) is 34.5 Å². The van der Waals surface area contributed by atoms with Crippen LogP contribution in [0.15, 0.2) is 146 Å².